The molecule has 0 bridgehead atoms. The van der Waals surface area contributed by atoms with Crippen molar-refractivity contribution in [3.8, 4) is 11.5 Å². The van der Waals surface area contributed by atoms with Crippen LogP contribution in [0.2, 0.25) is 0 Å². The molecule has 6 heteroatoms. The average Bonchev–Trinajstić information content (AvgIpc) is 2.63. The molecule has 1 N–H and O–H groups in total. The van der Waals surface area contributed by atoms with Crippen LogP contribution in [-0.2, 0) is 15.0 Å². The van der Waals surface area contributed by atoms with Gasteiger partial charge in [0.1, 0.15) is 11.5 Å². The molecular formula is C21H25NO5. The topological polar surface area (TPSA) is 76.1 Å². The Balaban J connectivity index is 1.99. The molecule has 1 amide bonds. The molecule has 144 valence electrons. The van der Waals surface area contributed by atoms with Gasteiger partial charge >= 0.3 is 5.97 Å². The van der Waals surface area contributed by atoms with E-state index in [2.05, 4.69) is 20.8 Å². The van der Waals surface area contributed by atoms with E-state index in [-0.39, 0.29) is 17.9 Å². The van der Waals surface area contributed by atoms with Gasteiger partial charge in [0.05, 0.1) is 0 Å². The number of hydrogen-bond acceptors (Lipinski definition) is 4. The SMILES string of the molecule is CN(C(=O)COc1ccccc1C(C)(C)C)c1ccc(OCC(=O)O)cc1. The zero-order valence-corrected chi connectivity index (χ0v) is 16.1. The van der Waals surface area contributed by atoms with Gasteiger partial charge in [-0.15, -0.1) is 0 Å². The largest absolute Gasteiger partial charge is 0.483 e. The number of carbonyl (C=O) groups is 2. The predicted octanol–water partition coefficient (Wildman–Crippen LogP) is 3.49. The van der Waals surface area contributed by atoms with Crippen LogP contribution in [0.4, 0.5) is 5.69 Å². The fourth-order valence-electron chi connectivity index (χ4n) is 2.50. The Labute approximate surface area is 159 Å². The highest BCUT2D eigenvalue weighted by molar-refractivity contribution is 5.94. The Kier molecular flexibility index (Phi) is 6.45. The molecule has 2 aromatic rings. The molecule has 0 saturated heterocycles. The molecule has 0 aliphatic carbocycles. The summed E-state index contributed by atoms with van der Waals surface area (Å²) in [5.74, 6) is -0.113. The lowest BCUT2D eigenvalue weighted by atomic mass is 9.86. The fraction of sp³-hybridized carbons (Fsp3) is 0.333. The van der Waals surface area contributed by atoms with Gasteiger partial charge in [-0.2, -0.15) is 0 Å². The Morgan fingerprint density at radius 2 is 1.59 bits per heavy atom. The van der Waals surface area contributed by atoms with Crippen LogP contribution in [0.1, 0.15) is 26.3 Å². The van der Waals surface area contributed by atoms with E-state index in [0.717, 1.165) is 5.56 Å². The van der Waals surface area contributed by atoms with E-state index in [9.17, 15) is 9.59 Å². The van der Waals surface area contributed by atoms with Gasteiger partial charge in [-0.25, -0.2) is 4.79 Å². The number of likely N-dealkylation sites (N-methyl/N-ethyl adjacent to an activating group) is 1. The highest BCUT2D eigenvalue weighted by Crippen LogP contribution is 2.31. The first-order valence-electron chi connectivity index (χ1n) is 8.62. The molecule has 0 aromatic heterocycles. The van der Waals surface area contributed by atoms with E-state index >= 15 is 0 Å². The standard InChI is InChI=1S/C21H25NO5/c1-21(2,3)17-7-5-6-8-18(17)27-13-19(23)22(4)15-9-11-16(12-10-15)26-14-20(24)25/h5-12H,13-14H2,1-4H3,(H,24,25). The molecule has 0 spiro atoms. The molecule has 0 atom stereocenters. The number of amides is 1. The molecule has 0 aliphatic heterocycles. The number of ether oxygens (including phenoxy) is 2. The number of carboxylic acid groups (broad SMARTS) is 1. The second-order valence-electron chi connectivity index (χ2n) is 7.16. The highest BCUT2D eigenvalue weighted by Gasteiger charge is 2.19. The molecule has 27 heavy (non-hydrogen) atoms. The van der Waals surface area contributed by atoms with Crippen molar-refractivity contribution in [1.82, 2.24) is 0 Å². The lowest BCUT2D eigenvalue weighted by Crippen LogP contribution is -2.31. The van der Waals surface area contributed by atoms with Crippen molar-refractivity contribution in [3.05, 3.63) is 54.1 Å². The third kappa shape index (κ3) is 5.74. The zero-order valence-electron chi connectivity index (χ0n) is 16.1. The van der Waals surface area contributed by atoms with Crippen molar-refractivity contribution in [2.75, 3.05) is 25.2 Å². The summed E-state index contributed by atoms with van der Waals surface area (Å²) in [5.41, 5.74) is 1.62. The molecule has 0 heterocycles. The maximum Gasteiger partial charge on any atom is 0.341 e. The van der Waals surface area contributed by atoms with E-state index in [1.54, 1.807) is 31.3 Å². The van der Waals surface area contributed by atoms with Crippen LogP contribution < -0.4 is 14.4 Å². The monoisotopic (exact) mass is 371 g/mol. The first kappa shape index (κ1) is 20.3. The lowest BCUT2D eigenvalue weighted by Gasteiger charge is -2.23. The van der Waals surface area contributed by atoms with Gasteiger partial charge in [0.2, 0.25) is 0 Å². The minimum absolute atomic E-state index is 0.0825. The summed E-state index contributed by atoms with van der Waals surface area (Å²) in [6.07, 6.45) is 0. The first-order chi connectivity index (χ1) is 12.7. The van der Waals surface area contributed by atoms with Crippen LogP contribution in [0.3, 0.4) is 0 Å². The van der Waals surface area contributed by atoms with Gasteiger partial charge in [0, 0.05) is 12.7 Å². The van der Waals surface area contributed by atoms with Crippen LogP contribution in [0.15, 0.2) is 48.5 Å². The zero-order chi connectivity index (χ0) is 20.0. The number of hydrogen-bond donors (Lipinski definition) is 1. The molecule has 0 fully saturated rings. The summed E-state index contributed by atoms with van der Waals surface area (Å²) in [4.78, 5) is 24.5. The third-order valence-corrected chi connectivity index (χ3v) is 4.01. The van der Waals surface area contributed by atoms with Crippen LogP contribution >= 0.6 is 0 Å². The molecule has 2 rings (SSSR count). The summed E-state index contributed by atoms with van der Waals surface area (Å²) < 4.78 is 10.9. The van der Waals surface area contributed by atoms with Crippen molar-refractivity contribution >= 4 is 17.6 Å². The van der Waals surface area contributed by atoms with Gasteiger partial charge in [0.25, 0.3) is 5.91 Å². The van der Waals surface area contributed by atoms with E-state index in [4.69, 9.17) is 14.6 Å². The maximum absolute atomic E-state index is 12.5. The predicted molar refractivity (Wildman–Crippen MR) is 104 cm³/mol. The number of para-hydroxylation sites is 1. The summed E-state index contributed by atoms with van der Waals surface area (Å²) in [5, 5.41) is 8.62. The molecule has 0 radical (unpaired) electrons. The van der Waals surface area contributed by atoms with Crippen LogP contribution in [0.25, 0.3) is 0 Å². The molecule has 0 saturated carbocycles. The maximum atomic E-state index is 12.5. The number of carboxylic acids is 1. The fourth-order valence-corrected chi connectivity index (χ4v) is 2.50. The Morgan fingerprint density at radius 3 is 2.19 bits per heavy atom. The normalized spacial score (nSPS) is 11.0. The van der Waals surface area contributed by atoms with Gasteiger partial charge in [-0.3, -0.25) is 4.79 Å². The van der Waals surface area contributed by atoms with E-state index in [1.165, 1.54) is 4.90 Å². The molecule has 0 aliphatic rings. The summed E-state index contributed by atoms with van der Waals surface area (Å²) >= 11 is 0. The number of anilines is 1. The Morgan fingerprint density at radius 1 is 0.963 bits per heavy atom. The lowest BCUT2D eigenvalue weighted by molar-refractivity contribution is -0.139. The Bertz CT molecular complexity index is 793. The third-order valence-electron chi connectivity index (χ3n) is 4.01. The second-order valence-corrected chi connectivity index (χ2v) is 7.16. The smallest absolute Gasteiger partial charge is 0.341 e. The van der Waals surface area contributed by atoms with Gasteiger partial charge in [-0.1, -0.05) is 39.0 Å². The quantitative estimate of drug-likeness (QED) is 0.806. The van der Waals surface area contributed by atoms with E-state index in [0.29, 0.717) is 17.2 Å². The van der Waals surface area contributed by atoms with Crippen LogP contribution in [0.5, 0.6) is 11.5 Å². The molecular weight excluding hydrogens is 346 g/mol. The van der Waals surface area contributed by atoms with E-state index in [1.807, 2.05) is 24.3 Å². The number of aliphatic carboxylic acids is 1. The minimum Gasteiger partial charge on any atom is -0.483 e. The molecule has 6 nitrogen and oxygen atoms in total. The number of rotatable bonds is 7. The van der Waals surface area contributed by atoms with Crippen molar-refractivity contribution < 1.29 is 24.2 Å². The van der Waals surface area contributed by atoms with E-state index < -0.39 is 12.6 Å². The van der Waals surface area contributed by atoms with Crippen molar-refractivity contribution in [2.24, 2.45) is 0 Å². The van der Waals surface area contributed by atoms with Gasteiger partial charge in [0.15, 0.2) is 13.2 Å². The number of benzene rings is 2. The van der Waals surface area contributed by atoms with Gasteiger partial charge < -0.3 is 19.5 Å². The molecule has 0 unspecified atom stereocenters. The molecule has 2 aromatic carbocycles. The van der Waals surface area contributed by atoms with Gasteiger partial charge in [-0.05, 0) is 41.3 Å². The van der Waals surface area contributed by atoms with Crippen molar-refractivity contribution in [2.45, 2.75) is 26.2 Å². The number of nitrogens with zero attached hydrogens (tertiary/aromatic N) is 1. The first-order valence-corrected chi connectivity index (χ1v) is 8.62. The highest BCUT2D eigenvalue weighted by atomic mass is 16.5. The minimum atomic E-state index is -1.04. The van der Waals surface area contributed by atoms with Crippen molar-refractivity contribution in [1.29, 1.82) is 0 Å². The summed E-state index contributed by atoms with van der Waals surface area (Å²) in [6.45, 7) is 5.79. The average molecular weight is 371 g/mol. The van der Waals surface area contributed by atoms with Crippen LogP contribution in [-0.4, -0.2) is 37.2 Å². The van der Waals surface area contributed by atoms with Crippen molar-refractivity contribution in [3.63, 3.8) is 0 Å². The second kappa shape index (κ2) is 8.58. The number of carbonyl (C=O) groups excluding carboxylic acids is 1. The summed E-state index contributed by atoms with van der Waals surface area (Å²) in [6, 6.07) is 14.3. The Hall–Kier alpha value is -3.02. The summed E-state index contributed by atoms with van der Waals surface area (Å²) in [7, 11) is 1.66. The van der Waals surface area contributed by atoms with Crippen LogP contribution in [0, 0.1) is 0 Å².